The maximum Gasteiger partial charge on any atom is 0.343 e. The predicted molar refractivity (Wildman–Crippen MR) is 106 cm³/mol. The highest BCUT2D eigenvalue weighted by molar-refractivity contribution is 5.91. The van der Waals surface area contributed by atoms with Crippen molar-refractivity contribution in [3.05, 3.63) is 100 Å². The molecule has 0 saturated heterocycles. The van der Waals surface area contributed by atoms with E-state index in [-0.39, 0.29) is 11.9 Å². The van der Waals surface area contributed by atoms with Crippen LogP contribution in [0.5, 0.6) is 5.75 Å². The summed E-state index contributed by atoms with van der Waals surface area (Å²) in [5.74, 6) is 0.561. The molecule has 2 heteroatoms. The molecule has 0 radical (unpaired) electrons. The Balaban J connectivity index is 1.80. The van der Waals surface area contributed by atoms with Gasteiger partial charge in [-0.3, -0.25) is 0 Å². The van der Waals surface area contributed by atoms with E-state index in [9.17, 15) is 4.79 Å². The second kappa shape index (κ2) is 7.57. The molecule has 3 rings (SSSR count). The van der Waals surface area contributed by atoms with Gasteiger partial charge in [-0.25, -0.2) is 4.79 Å². The van der Waals surface area contributed by atoms with Gasteiger partial charge in [0, 0.05) is 5.92 Å². The van der Waals surface area contributed by atoms with Crippen LogP contribution >= 0.6 is 0 Å². The Kier molecular flexibility index (Phi) is 5.22. The first kappa shape index (κ1) is 17.9. The number of ether oxygens (including phenoxy) is 1. The standard InChI is InChI=1S/C24H24O2/c1-16-10-11-21(14-17(16)2)19(4)22-12-13-23(18(3)15-22)26-24(25)20-8-6-5-7-9-20/h5-15,19H,1-4H3. The van der Waals surface area contributed by atoms with E-state index in [0.717, 1.165) is 5.56 Å². The fourth-order valence-corrected chi connectivity index (χ4v) is 3.02. The maximum absolute atomic E-state index is 12.3. The molecule has 26 heavy (non-hydrogen) atoms. The van der Waals surface area contributed by atoms with Gasteiger partial charge in [0.25, 0.3) is 0 Å². The van der Waals surface area contributed by atoms with Crippen molar-refractivity contribution in [2.75, 3.05) is 0 Å². The molecule has 0 aliphatic heterocycles. The van der Waals surface area contributed by atoms with Crippen LogP contribution in [0.4, 0.5) is 0 Å². The van der Waals surface area contributed by atoms with E-state index < -0.39 is 0 Å². The van der Waals surface area contributed by atoms with Crippen LogP contribution in [0.2, 0.25) is 0 Å². The third kappa shape index (κ3) is 3.85. The monoisotopic (exact) mass is 344 g/mol. The number of carbonyl (C=O) groups excluding carboxylic acids is 1. The summed E-state index contributed by atoms with van der Waals surface area (Å²) in [6.45, 7) is 8.45. The summed E-state index contributed by atoms with van der Waals surface area (Å²) in [5.41, 5.74) is 6.63. The van der Waals surface area contributed by atoms with E-state index in [1.807, 2.05) is 37.3 Å². The zero-order chi connectivity index (χ0) is 18.7. The Morgan fingerprint density at radius 1 is 0.769 bits per heavy atom. The summed E-state index contributed by atoms with van der Waals surface area (Å²) < 4.78 is 5.57. The van der Waals surface area contributed by atoms with Crippen LogP contribution in [-0.2, 0) is 0 Å². The van der Waals surface area contributed by atoms with Gasteiger partial charge in [0.1, 0.15) is 5.75 Å². The number of aryl methyl sites for hydroxylation is 3. The molecular weight excluding hydrogens is 320 g/mol. The van der Waals surface area contributed by atoms with Gasteiger partial charge in [-0.2, -0.15) is 0 Å². The topological polar surface area (TPSA) is 26.3 Å². The second-order valence-electron chi connectivity index (χ2n) is 6.85. The van der Waals surface area contributed by atoms with Gasteiger partial charge >= 0.3 is 5.97 Å². The fraction of sp³-hybridized carbons (Fsp3) is 0.208. The van der Waals surface area contributed by atoms with E-state index in [0.29, 0.717) is 11.3 Å². The minimum absolute atomic E-state index is 0.284. The van der Waals surface area contributed by atoms with Gasteiger partial charge in [0.05, 0.1) is 5.56 Å². The zero-order valence-electron chi connectivity index (χ0n) is 15.7. The normalized spacial score (nSPS) is 11.8. The molecule has 0 saturated carbocycles. The molecule has 1 atom stereocenters. The highest BCUT2D eigenvalue weighted by Gasteiger charge is 2.13. The Bertz CT molecular complexity index is 926. The molecule has 0 fully saturated rings. The molecule has 0 amide bonds. The van der Waals surface area contributed by atoms with Gasteiger partial charge in [-0.15, -0.1) is 0 Å². The molecule has 132 valence electrons. The fourth-order valence-electron chi connectivity index (χ4n) is 3.02. The van der Waals surface area contributed by atoms with Crippen LogP contribution in [0.3, 0.4) is 0 Å². The molecule has 3 aromatic carbocycles. The zero-order valence-corrected chi connectivity index (χ0v) is 15.7. The lowest BCUT2D eigenvalue weighted by atomic mass is 9.90. The highest BCUT2D eigenvalue weighted by atomic mass is 16.5. The molecule has 0 aliphatic rings. The molecule has 1 unspecified atom stereocenters. The number of esters is 1. The van der Waals surface area contributed by atoms with Crippen molar-refractivity contribution in [1.29, 1.82) is 0 Å². The quantitative estimate of drug-likeness (QED) is 0.430. The molecule has 2 nitrogen and oxygen atoms in total. The van der Waals surface area contributed by atoms with Gasteiger partial charge in [0.2, 0.25) is 0 Å². The Morgan fingerprint density at radius 2 is 1.38 bits per heavy atom. The van der Waals surface area contributed by atoms with Crippen LogP contribution in [0, 0.1) is 20.8 Å². The number of benzene rings is 3. The van der Waals surface area contributed by atoms with Crippen molar-refractivity contribution < 1.29 is 9.53 Å². The smallest absolute Gasteiger partial charge is 0.343 e. The maximum atomic E-state index is 12.3. The van der Waals surface area contributed by atoms with Crippen molar-refractivity contribution in [3.63, 3.8) is 0 Å². The van der Waals surface area contributed by atoms with E-state index >= 15 is 0 Å². The lowest BCUT2D eigenvalue weighted by Crippen LogP contribution is -2.09. The predicted octanol–water partition coefficient (Wildman–Crippen LogP) is 5.98. The molecule has 0 spiro atoms. The van der Waals surface area contributed by atoms with Gasteiger partial charge in [-0.1, -0.05) is 55.5 Å². The first-order valence-corrected chi connectivity index (χ1v) is 8.90. The molecular formula is C24H24O2. The van der Waals surface area contributed by atoms with Crippen LogP contribution in [0.25, 0.3) is 0 Å². The Labute approximate surface area is 155 Å². The molecule has 0 bridgehead atoms. The molecule has 0 heterocycles. The van der Waals surface area contributed by atoms with Crippen LogP contribution in [0.15, 0.2) is 66.7 Å². The Morgan fingerprint density at radius 3 is 2.00 bits per heavy atom. The van der Waals surface area contributed by atoms with Crippen molar-refractivity contribution in [2.45, 2.75) is 33.6 Å². The largest absolute Gasteiger partial charge is 0.423 e. The average molecular weight is 344 g/mol. The third-order valence-electron chi connectivity index (χ3n) is 4.94. The highest BCUT2D eigenvalue weighted by Crippen LogP contribution is 2.29. The summed E-state index contributed by atoms with van der Waals surface area (Å²) >= 11 is 0. The summed E-state index contributed by atoms with van der Waals surface area (Å²) in [6, 6.07) is 21.7. The average Bonchev–Trinajstić information content (AvgIpc) is 2.65. The molecule has 3 aromatic rings. The van der Waals surface area contributed by atoms with E-state index in [1.54, 1.807) is 12.1 Å². The summed E-state index contributed by atoms with van der Waals surface area (Å²) in [5, 5.41) is 0. The second-order valence-corrected chi connectivity index (χ2v) is 6.85. The minimum Gasteiger partial charge on any atom is -0.423 e. The minimum atomic E-state index is -0.330. The molecule has 0 aromatic heterocycles. The lowest BCUT2D eigenvalue weighted by Gasteiger charge is -2.16. The Hall–Kier alpha value is -2.87. The first-order chi connectivity index (χ1) is 12.5. The van der Waals surface area contributed by atoms with Crippen molar-refractivity contribution in [1.82, 2.24) is 0 Å². The molecule has 0 aliphatic carbocycles. The third-order valence-corrected chi connectivity index (χ3v) is 4.94. The van der Waals surface area contributed by atoms with Crippen LogP contribution in [0.1, 0.15) is 51.0 Å². The van der Waals surface area contributed by atoms with Gasteiger partial charge in [-0.05, 0) is 66.8 Å². The number of rotatable bonds is 4. The van der Waals surface area contributed by atoms with Gasteiger partial charge in [0.15, 0.2) is 0 Å². The van der Waals surface area contributed by atoms with Crippen molar-refractivity contribution >= 4 is 5.97 Å². The van der Waals surface area contributed by atoms with Crippen molar-refractivity contribution in [3.8, 4) is 5.75 Å². The summed E-state index contributed by atoms with van der Waals surface area (Å²) in [7, 11) is 0. The van der Waals surface area contributed by atoms with Crippen LogP contribution < -0.4 is 4.74 Å². The first-order valence-electron chi connectivity index (χ1n) is 8.90. The van der Waals surface area contributed by atoms with E-state index in [2.05, 4.69) is 45.0 Å². The number of carbonyl (C=O) groups is 1. The lowest BCUT2D eigenvalue weighted by molar-refractivity contribution is 0.0733. The SMILES string of the molecule is Cc1ccc(C(C)c2ccc(OC(=O)c3ccccc3)c(C)c2)cc1C. The number of hydrogen-bond donors (Lipinski definition) is 0. The summed E-state index contributed by atoms with van der Waals surface area (Å²) in [6.07, 6.45) is 0. The van der Waals surface area contributed by atoms with Crippen LogP contribution in [-0.4, -0.2) is 5.97 Å². The number of hydrogen-bond acceptors (Lipinski definition) is 2. The molecule has 0 N–H and O–H groups in total. The van der Waals surface area contributed by atoms with E-state index in [1.165, 1.54) is 22.3 Å². The van der Waals surface area contributed by atoms with Gasteiger partial charge < -0.3 is 4.74 Å². The van der Waals surface area contributed by atoms with E-state index in [4.69, 9.17) is 4.74 Å². The summed E-state index contributed by atoms with van der Waals surface area (Å²) in [4.78, 5) is 12.3. The van der Waals surface area contributed by atoms with Crippen molar-refractivity contribution in [2.24, 2.45) is 0 Å².